The number of nitrogens with zero attached hydrogens (tertiary/aromatic N) is 4. The molecular weight excluding hydrogens is 344 g/mol. The van der Waals surface area contributed by atoms with Gasteiger partial charge in [0.1, 0.15) is 5.82 Å². The van der Waals surface area contributed by atoms with Gasteiger partial charge < -0.3 is 19.4 Å². The van der Waals surface area contributed by atoms with Crippen LogP contribution in [0.3, 0.4) is 0 Å². The molecule has 1 atom stereocenters. The molecule has 7 heteroatoms. The molecule has 1 aromatic heterocycles. The number of piperidine rings is 1. The molecule has 0 saturated carbocycles. The van der Waals surface area contributed by atoms with Crippen LogP contribution in [0.2, 0.25) is 0 Å². The largest absolute Gasteiger partial charge is 0.450 e. The highest BCUT2D eigenvalue weighted by atomic mass is 16.6. The zero-order valence-electron chi connectivity index (χ0n) is 16.4. The van der Waals surface area contributed by atoms with Crippen LogP contribution in [0.5, 0.6) is 0 Å². The summed E-state index contributed by atoms with van der Waals surface area (Å²) in [5, 5.41) is 0. The van der Waals surface area contributed by atoms with Gasteiger partial charge in [-0.2, -0.15) is 0 Å². The first kappa shape index (κ1) is 19.5. The minimum Gasteiger partial charge on any atom is -0.450 e. The molecule has 2 aliphatic rings. The van der Waals surface area contributed by atoms with Crippen LogP contribution in [0.15, 0.2) is 18.3 Å². The lowest BCUT2D eigenvalue weighted by Gasteiger charge is -2.36. The standard InChI is InChI=1S/C20H30N4O3/c1-3-17-7-5-6-10-24(17)18-9-8-16(15-21-18)19(25)22-11-13-23(14-12-22)20(26)27-4-2/h8-9,15,17H,3-7,10-14H2,1-2H3. The minimum absolute atomic E-state index is 0.0248. The van der Waals surface area contributed by atoms with Gasteiger partial charge in [0.25, 0.3) is 5.91 Å². The first-order chi connectivity index (χ1) is 13.1. The highest BCUT2D eigenvalue weighted by molar-refractivity contribution is 5.94. The summed E-state index contributed by atoms with van der Waals surface area (Å²) < 4.78 is 5.02. The van der Waals surface area contributed by atoms with E-state index in [-0.39, 0.29) is 12.0 Å². The lowest BCUT2D eigenvalue weighted by Crippen LogP contribution is -2.50. The summed E-state index contributed by atoms with van der Waals surface area (Å²) in [5.74, 6) is 0.938. The molecule has 2 fully saturated rings. The molecule has 148 valence electrons. The van der Waals surface area contributed by atoms with Crippen molar-refractivity contribution >= 4 is 17.8 Å². The van der Waals surface area contributed by atoms with Gasteiger partial charge in [0.05, 0.1) is 12.2 Å². The Kier molecular flexibility index (Phi) is 6.53. The molecule has 0 spiro atoms. The fourth-order valence-corrected chi connectivity index (χ4v) is 3.90. The van der Waals surface area contributed by atoms with Crippen LogP contribution in [0.25, 0.3) is 0 Å². The molecule has 1 aromatic rings. The van der Waals surface area contributed by atoms with Crippen molar-refractivity contribution in [1.29, 1.82) is 0 Å². The number of piperazine rings is 1. The van der Waals surface area contributed by atoms with Crippen LogP contribution in [0, 0.1) is 0 Å². The van der Waals surface area contributed by atoms with Crippen molar-refractivity contribution in [2.24, 2.45) is 0 Å². The molecule has 27 heavy (non-hydrogen) atoms. The van der Waals surface area contributed by atoms with Crippen LogP contribution in [-0.2, 0) is 4.74 Å². The Morgan fingerprint density at radius 2 is 1.81 bits per heavy atom. The third-order valence-corrected chi connectivity index (χ3v) is 5.48. The Morgan fingerprint density at radius 3 is 2.44 bits per heavy atom. The van der Waals surface area contributed by atoms with Gasteiger partial charge in [0, 0.05) is 45.0 Å². The zero-order chi connectivity index (χ0) is 19.2. The van der Waals surface area contributed by atoms with E-state index in [1.165, 1.54) is 19.3 Å². The van der Waals surface area contributed by atoms with Crippen molar-refractivity contribution in [3.05, 3.63) is 23.9 Å². The Hall–Kier alpha value is -2.31. The van der Waals surface area contributed by atoms with Crippen molar-refractivity contribution in [2.75, 3.05) is 44.2 Å². The van der Waals surface area contributed by atoms with E-state index in [0.29, 0.717) is 44.4 Å². The first-order valence-corrected chi connectivity index (χ1v) is 10.1. The number of rotatable bonds is 4. The molecule has 3 heterocycles. The summed E-state index contributed by atoms with van der Waals surface area (Å²) in [6.07, 6.45) is 6.20. The Balaban J connectivity index is 1.59. The number of anilines is 1. The van der Waals surface area contributed by atoms with Crippen LogP contribution >= 0.6 is 0 Å². The number of hydrogen-bond acceptors (Lipinski definition) is 5. The number of aromatic nitrogens is 1. The molecule has 2 saturated heterocycles. The molecule has 7 nitrogen and oxygen atoms in total. The van der Waals surface area contributed by atoms with Gasteiger partial charge in [-0.3, -0.25) is 4.79 Å². The average molecular weight is 374 g/mol. The molecule has 0 bridgehead atoms. The molecule has 0 radical (unpaired) electrons. The van der Waals surface area contributed by atoms with Crippen molar-refractivity contribution in [3.63, 3.8) is 0 Å². The third kappa shape index (κ3) is 4.51. The van der Waals surface area contributed by atoms with E-state index in [9.17, 15) is 9.59 Å². The van der Waals surface area contributed by atoms with Crippen LogP contribution < -0.4 is 4.90 Å². The van der Waals surface area contributed by atoms with E-state index >= 15 is 0 Å². The maximum Gasteiger partial charge on any atom is 0.409 e. The Labute approximate surface area is 161 Å². The van der Waals surface area contributed by atoms with Gasteiger partial charge in [0.15, 0.2) is 0 Å². The number of pyridine rings is 1. The molecule has 0 N–H and O–H groups in total. The zero-order valence-corrected chi connectivity index (χ0v) is 16.4. The maximum absolute atomic E-state index is 12.7. The summed E-state index contributed by atoms with van der Waals surface area (Å²) in [7, 11) is 0. The third-order valence-electron chi connectivity index (χ3n) is 5.48. The van der Waals surface area contributed by atoms with E-state index < -0.39 is 0 Å². The Bertz CT molecular complexity index is 641. The van der Waals surface area contributed by atoms with E-state index in [4.69, 9.17) is 4.74 Å². The summed E-state index contributed by atoms with van der Waals surface area (Å²) in [6.45, 7) is 7.45. The molecule has 1 unspecified atom stereocenters. The van der Waals surface area contributed by atoms with Crippen LogP contribution in [0.4, 0.5) is 10.6 Å². The van der Waals surface area contributed by atoms with E-state index in [0.717, 1.165) is 18.8 Å². The lowest BCUT2D eigenvalue weighted by atomic mass is 10.00. The average Bonchev–Trinajstić information content (AvgIpc) is 2.73. The number of amides is 2. The second-order valence-corrected chi connectivity index (χ2v) is 7.13. The minimum atomic E-state index is -0.303. The molecule has 3 rings (SSSR count). The van der Waals surface area contributed by atoms with E-state index in [1.807, 2.05) is 12.1 Å². The predicted molar refractivity (Wildman–Crippen MR) is 104 cm³/mol. The SMILES string of the molecule is CCOC(=O)N1CCN(C(=O)c2ccc(N3CCCCC3CC)nc2)CC1. The van der Waals surface area contributed by atoms with E-state index in [1.54, 1.807) is 22.9 Å². The summed E-state index contributed by atoms with van der Waals surface area (Å²) in [4.78, 5) is 34.9. The van der Waals surface area contributed by atoms with Crippen LogP contribution in [0.1, 0.15) is 49.9 Å². The summed E-state index contributed by atoms with van der Waals surface area (Å²) >= 11 is 0. The summed E-state index contributed by atoms with van der Waals surface area (Å²) in [6, 6.07) is 4.39. The number of hydrogen-bond donors (Lipinski definition) is 0. The van der Waals surface area contributed by atoms with Gasteiger partial charge in [-0.15, -0.1) is 0 Å². The smallest absolute Gasteiger partial charge is 0.409 e. The van der Waals surface area contributed by atoms with Gasteiger partial charge in [-0.05, 0) is 44.7 Å². The first-order valence-electron chi connectivity index (χ1n) is 10.1. The molecule has 2 aliphatic heterocycles. The number of carbonyl (C=O) groups is 2. The highest BCUT2D eigenvalue weighted by Gasteiger charge is 2.26. The van der Waals surface area contributed by atoms with Crippen LogP contribution in [-0.4, -0.2) is 72.2 Å². The second-order valence-electron chi connectivity index (χ2n) is 7.13. The topological polar surface area (TPSA) is 66.0 Å². The highest BCUT2D eigenvalue weighted by Crippen LogP contribution is 2.25. The maximum atomic E-state index is 12.7. The van der Waals surface area contributed by atoms with Crippen molar-refractivity contribution in [3.8, 4) is 0 Å². The quantitative estimate of drug-likeness (QED) is 0.811. The van der Waals surface area contributed by atoms with Gasteiger partial charge in [0.2, 0.25) is 0 Å². The Morgan fingerprint density at radius 1 is 1.07 bits per heavy atom. The molecule has 0 aromatic carbocycles. The molecule has 2 amide bonds. The number of ether oxygens (including phenoxy) is 1. The molecular formula is C20H30N4O3. The van der Waals surface area contributed by atoms with Crippen molar-refractivity contribution in [2.45, 2.75) is 45.6 Å². The van der Waals surface area contributed by atoms with Gasteiger partial charge >= 0.3 is 6.09 Å². The number of carbonyl (C=O) groups excluding carboxylic acids is 2. The fourth-order valence-electron chi connectivity index (χ4n) is 3.90. The lowest BCUT2D eigenvalue weighted by molar-refractivity contribution is 0.0570. The fraction of sp³-hybridized carbons (Fsp3) is 0.650. The summed E-state index contributed by atoms with van der Waals surface area (Å²) in [5.41, 5.74) is 0.605. The van der Waals surface area contributed by atoms with Gasteiger partial charge in [-0.1, -0.05) is 6.92 Å². The van der Waals surface area contributed by atoms with Crippen molar-refractivity contribution < 1.29 is 14.3 Å². The second kappa shape index (κ2) is 9.06. The molecule has 0 aliphatic carbocycles. The predicted octanol–water partition coefficient (Wildman–Crippen LogP) is 2.76. The normalized spacial score (nSPS) is 20.5. The van der Waals surface area contributed by atoms with Gasteiger partial charge in [-0.25, -0.2) is 9.78 Å². The monoisotopic (exact) mass is 374 g/mol. The van der Waals surface area contributed by atoms with Crippen molar-refractivity contribution in [1.82, 2.24) is 14.8 Å². The van der Waals surface area contributed by atoms with E-state index in [2.05, 4.69) is 16.8 Å².